The molecule has 1 atom stereocenters. The molecule has 2 aromatic heterocycles. The minimum absolute atomic E-state index is 0.0716. The topological polar surface area (TPSA) is 61.9 Å². The number of aryl methyl sites for hydroxylation is 1. The highest BCUT2D eigenvalue weighted by Crippen LogP contribution is 2.27. The quantitative estimate of drug-likeness (QED) is 0.915. The molecule has 0 bridgehead atoms. The van der Waals surface area contributed by atoms with Gasteiger partial charge in [0.05, 0.1) is 11.6 Å². The zero-order valence-electron chi connectivity index (χ0n) is 10.1. The van der Waals surface area contributed by atoms with Crippen molar-refractivity contribution in [2.24, 2.45) is 0 Å². The molecule has 0 radical (unpaired) electrons. The third kappa shape index (κ3) is 2.47. The van der Waals surface area contributed by atoms with E-state index >= 15 is 0 Å². The Morgan fingerprint density at radius 2 is 2.22 bits per heavy atom. The van der Waals surface area contributed by atoms with Crippen LogP contribution in [0, 0.1) is 18.3 Å². The maximum Gasteiger partial charge on any atom is 0.146 e. The smallest absolute Gasteiger partial charge is 0.146 e. The number of hydrogen-bond donors (Lipinski definition) is 1. The fourth-order valence-electron chi connectivity index (χ4n) is 1.59. The fraction of sp³-hybridized carbons (Fsp3) is 0.231. The predicted octanol–water partition coefficient (Wildman–Crippen LogP) is 3.68. The number of nitrogens with one attached hydrogen (secondary N) is 1. The average Bonchev–Trinajstić information content (AvgIpc) is 2.78. The Bertz CT molecular complexity index is 601. The van der Waals surface area contributed by atoms with Gasteiger partial charge in [-0.05, 0) is 32.0 Å². The summed E-state index contributed by atoms with van der Waals surface area (Å²) in [6, 6.07) is 7.32. The lowest BCUT2D eigenvalue weighted by Crippen LogP contribution is -2.07. The highest BCUT2D eigenvalue weighted by Gasteiger charge is 2.13. The van der Waals surface area contributed by atoms with Gasteiger partial charge >= 0.3 is 0 Å². The summed E-state index contributed by atoms with van der Waals surface area (Å²) < 4.78 is 5.52. The van der Waals surface area contributed by atoms with Crippen molar-refractivity contribution in [1.82, 2.24) is 4.98 Å². The minimum atomic E-state index is -0.0716. The molecule has 4 nitrogen and oxygen atoms in total. The first-order valence-electron chi connectivity index (χ1n) is 5.49. The SMILES string of the molecule is Cc1ccc(C(C)Nc2nccc(C#N)c2Cl)o1. The van der Waals surface area contributed by atoms with Gasteiger partial charge in [0.1, 0.15) is 28.4 Å². The number of furan rings is 1. The molecule has 92 valence electrons. The molecule has 2 heterocycles. The van der Waals surface area contributed by atoms with Gasteiger partial charge in [0.2, 0.25) is 0 Å². The summed E-state index contributed by atoms with van der Waals surface area (Å²) in [4.78, 5) is 4.12. The van der Waals surface area contributed by atoms with Crippen LogP contribution in [0.4, 0.5) is 5.82 Å². The molecule has 18 heavy (non-hydrogen) atoms. The van der Waals surface area contributed by atoms with Crippen LogP contribution in [0.15, 0.2) is 28.8 Å². The van der Waals surface area contributed by atoms with Gasteiger partial charge in [0.25, 0.3) is 0 Å². The first kappa shape index (κ1) is 12.5. The number of anilines is 1. The van der Waals surface area contributed by atoms with Gasteiger partial charge < -0.3 is 9.73 Å². The van der Waals surface area contributed by atoms with Gasteiger partial charge in [-0.25, -0.2) is 4.98 Å². The molecule has 0 aliphatic rings. The number of hydrogen-bond acceptors (Lipinski definition) is 4. The summed E-state index contributed by atoms with van der Waals surface area (Å²) in [5, 5.41) is 12.3. The number of rotatable bonds is 3. The molecule has 0 aliphatic heterocycles. The van der Waals surface area contributed by atoms with Crippen LogP contribution in [0.25, 0.3) is 0 Å². The highest BCUT2D eigenvalue weighted by molar-refractivity contribution is 6.34. The lowest BCUT2D eigenvalue weighted by molar-refractivity contribution is 0.466. The first-order valence-corrected chi connectivity index (χ1v) is 5.87. The highest BCUT2D eigenvalue weighted by atomic mass is 35.5. The van der Waals surface area contributed by atoms with Crippen molar-refractivity contribution in [2.75, 3.05) is 5.32 Å². The largest absolute Gasteiger partial charge is 0.464 e. The van der Waals surface area contributed by atoms with Crippen molar-refractivity contribution in [1.29, 1.82) is 5.26 Å². The van der Waals surface area contributed by atoms with Crippen LogP contribution in [0.1, 0.15) is 30.0 Å². The van der Waals surface area contributed by atoms with Crippen LogP contribution in [0.2, 0.25) is 5.02 Å². The van der Waals surface area contributed by atoms with E-state index in [-0.39, 0.29) is 6.04 Å². The average molecular weight is 262 g/mol. The van der Waals surface area contributed by atoms with E-state index in [4.69, 9.17) is 21.3 Å². The monoisotopic (exact) mass is 261 g/mol. The summed E-state index contributed by atoms with van der Waals surface area (Å²) in [6.07, 6.45) is 1.55. The van der Waals surface area contributed by atoms with E-state index in [0.29, 0.717) is 16.4 Å². The third-order valence-electron chi connectivity index (χ3n) is 2.55. The van der Waals surface area contributed by atoms with E-state index in [0.717, 1.165) is 11.5 Å². The molecular formula is C13H12ClN3O. The molecule has 0 aliphatic carbocycles. The molecule has 1 unspecified atom stereocenters. The van der Waals surface area contributed by atoms with Gasteiger partial charge in [-0.2, -0.15) is 5.26 Å². The lowest BCUT2D eigenvalue weighted by atomic mass is 10.2. The van der Waals surface area contributed by atoms with Crippen LogP contribution in [-0.4, -0.2) is 4.98 Å². The lowest BCUT2D eigenvalue weighted by Gasteiger charge is -2.13. The Hall–Kier alpha value is -1.99. The number of halogens is 1. The van der Waals surface area contributed by atoms with Crippen molar-refractivity contribution in [3.63, 3.8) is 0 Å². The normalized spacial score (nSPS) is 11.9. The van der Waals surface area contributed by atoms with Gasteiger partial charge in [-0.15, -0.1) is 0 Å². The van der Waals surface area contributed by atoms with Crippen molar-refractivity contribution < 1.29 is 4.42 Å². The molecular weight excluding hydrogens is 250 g/mol. The van der Waals surface area contributed by atoms with E-state index in [2.05, 4.69) is 10.3 Å². The standard InChI is InChI=1S/C13H12ClN3O/c1-8-3-4-11(18-8)9(2)17-13-12(14)10(7-15)5-6-16-13/h3-6,9H,1-2H3,(H,16,17). The second-order valence-corrected chi connectivity index (χ2v) is 4.33. The summed E-state index contributed by atoms with van der Waals surface area (Å²) in [7, 11) is 0. The van der Waals surface area contributed by atoms with Crippen molar-refractivity contribution >= 4 is 17.4 Å². The van der Waals surface area contributed by atoms with Crippen molar-refractivity contribution in [2.45, 2.75) is 19.9 Å². The number of nitrogens with zero attached hydrogens (tertiary/aromatic N) is 2. The van der Waals surface area contributed by atoms with Crippen LogP contribution in [0.5, 0.6) is 0 Å². The second-order valence-electron chi connectivity index (χ2n) is 3.95. The van der Waals surface area contributed by atoms with E-state index in [1.165, 1.54) is 0 Å². The van der Waals surface area contributed by atoms with Gasteiger partial charge in [0, 0.05) is 6.20 Å². The molecule has 0 saturated heterocycles. The first-order chi connectivity index (χ1) is 8.61. The van der Waals surface area contributed by atoms with Gasteiger partial charge in [-0.3, -0.25) is 0 Å². The molecule has 5 heteroatoms. The Labute approximate surface area is 110 Å². The molecule has 0 fully saturated rings. The fourth-order valence-corrected chi connectivity index (χ4v) is 1.80. The van der Waals surface area contributed by atoms with Crippen LogP contribution < -0.4 is 5.32 Å². The maximum atomic E-state index is 8.89. The Balaban J connectivity index is 2.22. The van der Waals surface area contributed by atoms with E-state index < -0.39 is 0 Å². The molecule has 1 N–H and O–H groups in total. The molecule has 0 spiro atoms. The second kappa shape index (κ2) is 5.11. The maximum absolute atomic E-state index is 8.89. The van der Waals surface area contributed by atoms with Crippen molar-refractivity contribution in [3.8, 4) is 6.07 Å². The zero-order chi connectivity index (χ0) is 13.1. The van der Waals surface area contributed by atoms with Crippen molar-refractivity contribution in [3.05, 3.63) is 46.5 Å². The van der Waals surface area contributed by atoms with E-state index in [1.807, 2.05) is 32.0 Å². The Morgan fingerprint density at radius 1 is 1.44 bits per heavy atom. The zero-order valence-corrected chi connectivity index (χ0v) is 10.8. The summed E-state index contributed by atoms with van der Waals surface area (Å²) in [6.45, 7) is 3.83. The van der Waals surface area contributed by atoms with E-state index in [9.17, 15) is 0 Å². The minimum Gasteiger partial charge on any atom is -0.464 e. The Kier molecular flexibility index (Phi) is 3.54. The number of nitriles is 1. The molecule has 0 aromatic carbocycles. The Morgan fingerprint density at radius 3 is 2.83 bits per heavy atom. The summed E-state index contributed by atoms with van der Waals surface area (Å²) in [5.74, 6) is 2.13. The molecule has 2 rings (SSSR count). The van der Waals surface area contributed by atoms with Crippen LogP contribution in [-0.2, 0) is 0 Å². The van der Waals surface area contributed by atoms with Gasteiger partial charge in [0.15, 0.2) is 0 Å². The number of pyridine rings is 1. The number of aromatic nitrogens is 1. The summed E-state index contributed by atoms with van der Waals surface area (Å²) >= 11 is 6.07. The predicted molar refractivity (Wildman–Crippen MR) is 69.4 cm³/mol. The molecule has 0 amide bonds. The van der Waals surface area contributed by atoms with Crippen LogP contribution >= 0.6 is 11.6 Å². The van der Waals surface area contributed by atoms with E-state index in [1.54, 1.807) is 12.3 Å². The van der Waals surface area contributed by atoms with Gasteiger partial charge in [-0.1, -0.05) is 11.6 Å². The molecule has 2 aromatic rings. The third-order valence-corrected chi connectivity index (χ3v) is 2.93. The summed E-state index contributed by atoms with van der Waals surface area (Å²) in [5.41, 5.74) is 0.400. The molecule has 0 saturated carbocycles. The van der Waals surface area contributed by atoms with Crippen LogP contribution in [0.3, 0.4) is 0 Å².